The van der Waals surface area contributed by atoms with Gasteiger partial charge in [0.05, 0.1) is 32.2 Å². The summed E-state index contributed by atoms with van der Waals surface area (Å²) in [5, 5.41) is 3.98. The maximum absolute atomic E-state index is 6.14. The normalized spacial score (nSPS) is 15.8. The summed E-state index contributed by atoms with van der Waals surface area (Å²) in [4.78, 5) is 12.8. The minimum absolute atomic E-state index is 0.477. The van der Waals surface area contributed by atoms with E-state index in [2.05, 4.69) is 12.1 Å². The molecule has 0 atom stereocenters. The molecule has 7 heterocycles. The van der Waals surface area contributed by atoms with E-state index in [0.717, 1.165) is 66.0 Å². The topological polar surface area (TPSA) is 99.6 Å². The highest BCUT2D eigenvalue weighted by Crippen LogP contribution is 2.52. The van der Waals surface area contributed by atoms with Gasteiger partial charge in [-0.2, -0.15) is 0 Å². The molecule has 0 radical (unpaired) electrons. The van der Waals surface area contributed by atoms with Crippen molar-refractivity contribution in [3.63, 3.8) is 0 Å². The largest absolute Gasteiger partial charge is 0.486 e. The van der Waals surface area contributed by atoms with Crippen LogP contribution in [0.2, 0.25) is 0 Å². The summed E-state index contributed by atoms with van der Waals surface area (Å²) < 4.78 is 47.8. The first-order chi connectivity index (χ1) is 23.8. The number of hydrogen-bond donors (Lipinski definition) is 0. The molecule has 3 aromatic heterocycles. The van der Waals surface area contributed by atoms with Gasteiger partial charge in [0.2, 0.25) is 0 Å². The van der Waals surface area contributed by atoms with Gasteiger partial charge in [0, 0.05) is 33.0 Å². The fourth-order valence-electron chi connectivity index (χ4n) is 6.38. The molecule has 0 bridgehead atoms. The molecule has 6 aromatic rings. The van der Waals surface area contributed by atoms with Crippen LogP contribution < -0.4 is 37.9 Å². The van der Waals surface area contributed by atoms with E-state index in [0.29, 0.717) is 87.2 Å². The maximum atomic E-state index is 6.14. The smallest absolute Gasteiger partial charge is 0.180 e. The number of hydrogen-bond acceptors (Lipinski definition) is 12. The van der Waals surface area contributed by atoms with Crippen LogP contribution in [0.4, 0.5) is 0 Å². The molecule has 4 aliphatic rings. The molecule has 0 aliphatic carbocycles. The van der Waals surface area contributed by atoms with E-state index in [-0.39, 0.29) is 0 Å². The molecule has 0 N–H and O–H groups in total. The van der Waals surface area contributed by atoms with Crippen LogP contribution in [0, 0.1) is 0 Å². The second kappa shape index (κ2) is 11.2. The first-order valence-electron chi connectivity index (χ1n) is 15.7. The van der Waals surface area contributed by atoms with Crippen LogP contribution in [0.1, 0.15) is 0 Å². The van der Waals surface area contributed by atoms with Crippen LogP contribution in [0.3, 0.4) is 0 Å². The van der Waals surface area contributed by atoms with E-state index in [1.165, 1.54) is 0 Å². The van der Waals surface area contributed by atoms with Gasteiger partial charge >= 0.3 is 0 Å². The minimum Gasteiger partial charge on any atom is -0.486 e. The molecule has 10 nitrogen and oxygen atoms in total. The third-order valence-electron chi connectivity index (χ3n) is 8.55. The zero-order valence-corrected chi connectivity index (χ0v) is 27.0. The van der Waals surface area contributed by atoms with Crippen LogP contribution in [0.5, 0.6) is 46.0 Å². The Hall–Kier alpha value is -5.20. The van der Waals surface area contributed by atoms with Crippen molar-refractivity contribution in [3.05, 3.63) is 59.3 Å². The molecule has 10 rings (SSSR count). The van der Waals surface area contributed by atoms with Crippen molar-refractivity contribution in [1.29, 1.82) is 0 Å². The van der Waals surface area contributed by atoms with Gasteiger partial charge in [-0.25, -0.2) is 9.97 Å². The van der Waals surface area contributed by atoms with Gasteiger partial charge in [0.15, 0.2) is 46.0 Å². The molecular formula is C36H26N2O8S2. The maximum Gasteiger partial charge on any atom is 0.180 e. The lowest BCUT2D eigenvalue weighted by Crippen LogP contribution is -2.15. The summed E-state index contributed by atoms with van der Waals surface area (Å²) >= 11 is 3.14. The number of benzene rings is 3. The molecule has 0 saturated carbocycles. The highest BCUT2D eigenvalue weighted by molar-refractivity contribution is 7.15. The second-order valence-corrected chi connectivity index (χ2v) is 13.2. The van der Waals surface area contributed by atoms with E-state index in [1.54, 1.807) is 22.7 Å². The predicted molar refractivity (Wildman–Crippen MR) is 181 cm³/mol. The number of ether oxygens (including phenoxy) is 8. The van der Waals surface area contributed by atoms with E-state index >= 15 is 0 Å². The minimum atomic E-state index is 0.477. The van der Waals surface area contributed by atoms with Gasteiger partial charge in [0.1, 0.15) is 52.9 Å². The lowest BCUT2D eigenvalue weighted by Gasteiger charge is -2.21. The van der Waals surface area contributed by atoms with Gasteiger partial charge in [-0.15, -0.1) is 22.7 Å². The highest BCUT2D eigenvalue weighted by atomic mass is 32.1. The summed E-state index contributed by atoms with van der Waals surface area (Å²) in [7, 11) is 0. The van der Waals surface area contributed by atoms with Crippen LogP contribution in [0.15, 0.2) is 59.3 Å². The summed E-state index contributed by atoms with van der Waals surface area (Å²) in [5.74, 6) is 5.68. The van der Waals surface area contributed by atoms with E-state index in [9.17, 15) is 0 Å². The first kappa shape index (κ1) is 27.9. The highest BCUT2D eigenvalue weighted by Gasteiger charge is 2.28. The van der Waals surface area contributed by atoms with Gasteiger partial charge in [-0.1, -0.05) is 12.1 Å². The average molecular weight is 679 g/mol. The van der Waals surface area contributed by atoms with Gasteiger partial charge in [-0.3, -0.25) is 0 Å². The quantitative estimate of drug-likeness (QED) is 0.186. The molecule has 0 spiro atoms. The van der Waals surface area contributed by atoms with Crippen molar-refractivity contribution in [3.8, 4) is 89.4 Å². The Labute approximate surface area is 282 Å². The monoisotopic (exact) mass is 678 g/mol. The van der Waals surface area contributed by atoms with Crippen LogP contribution >= 0.6 is 22.7 Å². The van der Waals surface area contributed by atoms with E-state index in [1.807, 2.05) is 47.2 Å². The van der Waals surface area contributed by atoms with Crippen LogP contribution in [-0.4, -0.2) is 62.8 Å². The van der Waals surface area contributed by atoms with Crippen molar-refractivity contribution in [1.82, 2.24) is 9.97 Å². The zero-order valence-electron chi connectivity index (χ0n) is 25.4. The van der Waals surface area contributed by atoms with Crippen molar-refractivity contribution >= 4 is 33.7 Å². The Bertz CT molecular complexity index is 2090. The zero-order chi connectivity index (χ0) is 31.6. The number of aromatic nitrogens is 2. The van der Waals surface area contributed by atoms with Crippen molar-refractivity contribution in [2.75, 3.05) is 52.9 Å². The third kappa shape index (κ3) is 4.50. The number of rotatable bonds is 4. The SMILES string of the molecule is c1cc2c(cc1-c1nc3c(-c4scc5c4OCCO5)ccc(-c4scc5c4OCCO5)c3nc1-c1ccc3c(c1)OCCO3)OCCO2. The van der Waals surface area contributed by atoms with Crippen molar-refractivity contribution in [2.24, 2.45) is 0 Å². The number of nitrogens with zero attached hydrogens (tertiary/aromatic N) is 2. The van der Waals surface area contributed by atoms with Crippen molar-refractivity contribution < 1.29 is 37.9 Å². The number of fused-ring (bicyclic) bond motifs is 5. The Morgan fingerprint density at radius 1 is 0.417 bits per heavy atom. The van der Waals surface area contributed by atoms with Gasteiger partial charge in [-0.05, 0) is 36.4 Å². The summed E-state index contributed by atoms with van der Waals surface area (Å²) in [6, 6.07) is 16.0. The Morgan fingerprint density at radius 2 is 0.812 bits per heavy atom. The fourth-order valence-corrected chi connectivity index (χ4v) is 8.30. The van der Waals surface area contributed by atoms with Crippen molar-refractivity contribution in [2.45, 2.75) is 0 Å². The van der Waals surface area contributed by atoms with Gasteiger partial charge in [0.25, 0.3) is 0 Å². The summed E-state index contributed by atoms with van der Waals surface area (Å²) in [5.41, 5.74) is 6.28. The van der Waals surface area contributed by atoms with Crippen LogP contribution in [-0.2, 0) is 0 Å². The van der Waals surface area contributed by atoms with Crippen LogP contribution in [0.25, 0.3) is 54.4 Å². The first-order valence-corrected chi connectivity index (χ1v) is 17.4. The second-order valence-electron chi connectivity index (χ2n) is 11.4. The third-order valence-corrected chi connectivity index (χ3v) is 10.5. The summed E-state index contributed by atoms with van der Waals surface area (Å²) in [6.07, 6.45) is 0. The van der Waals surface area contributed by atoms with E-state index < -0.39 is 0 Å². The predicted octanol–water partition coefficient (Wildman–Crippen LogP) is 7.51. The summed E-state index contributed by atoms with van der Waals surface area (Å²) in [6.45, 7) is 3.96. The Kier molecular flexibility index (Phi) is 6.51. The standard InChI is InChI=1S/C36H26N2O8S2/c1-5-23-25(41-9-7-39-23)15-19(1)29-30(20-2-6-24-26(16-20)42-10-8-40-24)38-32-22(36-34-28(18-48-36)44-12-14-46-34)4-3-21(31(32)37-29)35-33-27(17-47-35)43-11-13-45-33/h1-6,15-18H,7-14H2. The molecule has 0 amide bonds. The fraction of sp³-hybridized carbons (Fsp3) is 0.222. The lowest BCUT2D eigenvalue weighted by molar-refractivity contribution is 0.171. The molecule has 12 heteroatoms. The molecule has 3 aromatic carbocycles. The molecule has 0 unspecified atom stereocenters. The lowest BCUT2D eigenvalue weighted by atomic mass is 9.99. The molecule has 240 valence electrons. The molecule has 0 fully saturated rings. The van der Waals surface area contributed by atoms with E-state index in [4.69, 9.17) is 47.9 Å². The molecule has 0 saturated heterocycles. The molecule has 4 aliphatic heterocycles. The van der Waals surface area contributed by atoms with Gasteiger partial charge < -0.3 is 37.9 Å². The Balaban J connectivity index is 1.27. The average Bonchev–Trinajstić information content (AvgIpc) is 3.78. The Morgan fingerprint density at radius 3 is 1.27 bits per heavy atom. The molecular weight excluding hydrogens is 653 g/mol. The number of thiophene rings is 2. The molecule has 48 heavy (non-hydrogen) atoms.